The van der Waals surface area contributed by atoms with Crippen LogP contribution in [0.3, 0.4) is 0 Å². The second-order valence-electron chi connectivity index (χ2n) is 5.84. The molecule has 0 fully saturated rings. The van der Waals surface area contributed by atoms with Crippen LogP contribution in [0.2, 0.25) is 0 Å². The van der Waals surface area contributed by atoms with E-state index in [2.05, 4.69) is 25.4 Å². The molecule has 1 amide bonds. The highest BCUT2D eigenvalue weighted by atomic mass is 32.2. The highest BCUT2D eigenvalue weighted by Gasteiger charge is 2.34. The Morgan fingerprint density at radius 1 is 1.00 bits per heavy atom. The standard InChI is InChI=1S/C15H23NOS.2C2H6/c1-14(2,11-15(3,4)18-5)13(17)16-12-9-7-6-8-10-12;2*1-2/h6-10H,11H2,1-5H3,(H,16,17);2*1-2H3. The topological polar surface area (TPSA) is 29.1 Å². The fraction of sp³-hybridized carbons (Fsp3) is 0.632. The molecule has 0 bridgehead atoms. The van der Waals surface area contributed by atoms with Crippen LogP contribution in [0.15, 0.2) is 30.3 Å². The van der Waals surface area contributed by atoms with Crippen molar-refractivity contribution in [1.82, 2.24) is 0 Å². The molecule has 0 aliphatic heterocycles. The minimum Gasteiger partial charge on any atom is -0.326 e. The van der Waals surface area contributed by atoms with Gasteiger partial charge in [-0.05, 0) is 24.8 Å². The summed E-state index contributed by atoms with van der Waals surface area (Å²) >= 11 is 1.80. The molecule has 0 aromatic heterocycles. The minimum absolute atomic E-state index is 0.0795. The van der Waals surface area contributed by atoms with Gasteiger partial charge in [0.15, 0.2) is 0 Å². The van der Waals surface area contributed by atoms with Crippen LogP contribution in [0.5, 0.6) is 0 Å². The molecule has 2 nitrogen and oxygen atoms in total. The van der Waals surface area contributed by atoms with E-state index in [1.165, 1.54) is 0 Å². The van der Waals surface area contributed by atoms with Gasteiger partial charge in [-0.2, -0.15) is 11.8 Å². The van der Waals surface area contributed by atoms with Gasteiger partial charge < -0.3 is 5.32 Å². The van der Waals surface area contributed by atoms with E-state index in [4.69, 9.17) is 0 Å². The van der Waals surface area contributed by atoms with E-state index in [0.717, 1.165) is 12.1 Å². The van der Waals surface area contributed by atoms with Crippen molar-refractivity contribution in [2.75, 3.05) is 11.6 Å². The first-order valence-electron chi connectivity index (χ1n) is 8.18. The van der Waals surface area contributed by atoms with Gasteiger partial charge >= 0.3 is 0 Å². The van der Waals surface area contributed by atoms with Gasteiger partial charge in [-0.15, -0.1) is 0 Å². The molecule has 0 aliphatic carbocycles. The Hall–Kier alpha value is -0.960. The van der Waals surface area contributed by atoms with E-state index in [9.17, 15) is 4.79 Å². The molecule has 0 heterocycles. The van der Waals surface area contributed by atoms with E-state index in [1.807, 2.05) is 71.9 Å². The predicted octanol–water partition coefficient (Wildman–Crippen LogP) is 6.24. The summed E-state index contributed by atoms with van der Waals surface area (Å²) in [6.45, 7) is 16.4. The van der Waals surface area contributed by atoms with Gasteiger partial charge in [-0.3, -0.25) is 4.79 Å². The SMILES string of the molecule is CC.CC.CSC(C)(C)CC(C)(C)C(=O)Nc1ccccc1. The number of carbonyl (C=O) groups is 1. The summed E-state index contributed by atoms with van der Waals surface area (Å²) in [6, 6.07) is 9.61. The summed E-state index contributed by atoms with van der Waals surface area (Å²) in [6.07, 6.45) is 2.94. The number of rotatable bonds is 5. The van der Waals surface area contributed by atoms with Gasteiger partial charge in [-0.25, -0.2) is 0 Å². The number of hydrogen-bond acceptors (Lipinski definition) is 2. The van der Waals surface area contributed by atoms with Crippen molar-refractivity contribution in [1.29, 1.82) is 0 Å². The molecule has 0 aliphatic rings. The summed E-state index contributed by atoms with van der Waals surface area (Å²) < 4.78 is 0.109. The van der Waals surface area contributed by atoms with E-state index in [1.54, 1.807) is 11.8 Å². The molecule has 1 rings (SSSR count). The maximum Gasteiger partial charge on any atom is 0.230 e. The third-order valence-corrected chi connectivity index (χ3v) is 4.32. The second kappa shape index (κ2) is 11.6. The molecular formula is C19H35NOS. The zero-order valence-electron chi connectivity index (χ0n) is 15.9. The van der Waals surface area contributed by atoms with Crippen molar-refractivity contribution in [3.05, 3.63) is 30.3 Å². The summed E-state index contributed by atoms with van der Waals surface area (Å²) in [5.74, 6) is 0.0795. The largest absolute Gasteiger partial charge is 0.326 e. The number of anilines is 1. The van der Waals surface area contributed by atoms with Gasteiger partial charge in [-0.1, -0.05) is 73.6 Å². The van der Waals surface area contributed by atoms with E-state index < -0.39 is 0 Å². The van der Waals surface area contributed by atoms with Crippen LogP contribution < -0.4 is 5.32 Å². The molecule has 0 atom stereocenters. The Bertz CT molecular complexity index is 399. The number of thioether (sulfide) groups is 1. The van der Waals surface area contributed by atoms with Crippen LogP contribution in [-0.2, 0) is 4.79 Å². The minimum atomic E-state index is -0.373. The Kier molecular flexibility index (Phi) is 12.3. The first-order valence-corrected chi connectivity index (χ1v) is 9.41. The molecule has 1 N–H and O–H groups in total. The fourth-order valence-corrected chi connectivity index (χ4v) is 2.54. The number of benzene rings is 1. The first-order chi connectivity index (χ1) is 10.3. The predicted molar refractivity (Wildman–Crippen MR) is 104 cm³/mol. The molecule has 128 valence electrons. The molecule has 1 aromatic carbocycles. The Balaban J connectivity index is 0. The zero-order chi connectivity index (χ0) is 17.8. The van der Waals surface area contributed by atoms with Gasteiger partial charge in [0.2, 0.25) is 5.91 Å². The number of hydrogen-bond donors (Lipinski definition) is 1. The van der Waals surface area contributed by atoms with Gasteiger partial charge in [0.05, 0.1) is 0 Å². The molecule has 0 saturated heterocycles. The van der Waals surface area contributed by atoms with Crippen LogP contribution >= 0.6 is 11.8 Å². The quantitative estimate of drug-likeness (QED) is 0.694. The molecular weight excluding hydrogens is 290 g/mol. The van der Waals surface area contributed by atoms with Crippen molar-refractivity contribution in [3.63, 3.8) is 0 Å². The van der Waals surface area contributed by atoms with Crippen molar-refractivity contribution in [2.45, 2.75) is 66.6 Å². The maximum absolute atomic E-state index is 12.3. The van der Waals surface area contributed by atoms with Gasteiger partial charge in [0, 0.05) is 15.8 Å². The summed E-state index contributed by atoms with van der Waals surface area (Å²) in [5, 5.41) is 2.98. The van der Waals surface area contributed by atoms with Crippen molar-refractivity contribution < 1.29 is 4.79 Å². The molecule has 22 heavy (non-hydrogen) atoms. The highest BCUT2D eigenvalue weighted by Crippen LogP contribution is 2.36. The summed E-state index contributed by atoms with van der Waals surface area (Å²) in [5.41, 5.74) is 0.486. The van der Waals surface area contributed by atoms with Gasteiger partial charge in [0.25, 0.3) is 0 Å². The van der Waals surface area contributed by atoms with E-state index in [0.29, 0.717) is 0 Å². The lowest BCUT2D eigenvalue weighted by molar-refractivity contribution is -0.124. The van der Waals surface area contributed by atoms with Crippen molar-refractivity contribution in [2.24, 2.45) is 5.41 Å². The van der Waals surface area contributed by atoms with Crippen molar-refractivity contribution in [3.8, 4) is 0 Å². The number of carbonyl (C=O) groups excluding carboxylic acids is 1. The van der Waals surface area contributed by atoms with Gasteiger partial charge in [0.1, 0.15) is 0 Å². The summed E-state index contributed by atoms with van der Waals surface area (Å²) in [7, 11) is 0. The number of para-hydroxylation sites is 1. The van der Waals surface area contributed by atoms with Crippen LogP contribution in [0.1, 0.15) is 61.8 Å². The average molecular weight is 326 g/mol. The lowest BCUT2D eigenvalue weighted by Crippen LogP contribution is -2.36. The van der Waals surface area contributed by atoms with Crippen LogP contribution in [-0.4, -0.2) is 16.9 Å². The normalized spacial score (nSPS) is 10.6. The molecule has 0 unspecified atom stereocenters. The molecule has 0 spiro atoms. The Morgan fingerprint density at radius 2 is 1.45 bits per heavy atom. The fourth-order valence-electron chi connectivity index (χ4n) is 2.04. The summed E-state index contributed by atoms with van der Waals surface area (Å²) in [4.78, 5) is 12.3. The molecule has 1 aromatic rings. The average Bonchev–Trinajstić information content (AvgIpc) is 2.51. The molecule has 0 saturated carbocycles. The number of nitrogens with one attached hydrogen (secondary N) is 1. The molecule has 0 radical (unpaired) electrons. The van der Waals surface area contributed by atoms with E-state index >= 15 is 0 Å². The number of amides is 1. The van der Waals surface area contributed by atoms with Crippen LogP contribution in [0, 0.1) is 5.41 Å². The lowest BCUT2D eigenvalue weighted by atomic mass is 9.82. The van der Waals surface area contributed by atoms with Crippen LogP contribution in [0.4, 0.5) is 5.69 Å². The lowest BCUT2D eigenvalue weighted by Gasteiger charge is -2.32. The third kappa shape index (κ3) is 9.14. The first kappa shape index (κ1) is 23.3. The van der Waals surface area contributed by atoms with Crippen LogP contribution in [0.25, 0.3) is 0 Å². The maximum atomic E-state index is 12.3. The monoisotopic (exact) mass is 325 g/mol. The highest BCUT2D eigenvalue weighted by molar-refractivity contribution is 7.99. The molecule has 3 heteroatoms. The Labute approximate surface area is 142 Å². The zero-order valence-corrected chi connectivity index (χ0v) is 16.7. The smallest absolute Gasteiger partial charge is 0.230 e. The third-order valence-electron chi connectivity index (χ3n) is 3.07. The second-order valence-corrected chi connectivity index (χ2v) is 7.36. The van der Waals surface area contributed by atoms with E-state index in [-0.39, 0.29) is 16.1 Å². The van der Waals surface area contributed by atoms with Crippen molar-refractivity contribution >= 4 is 23.4 Å². The Morgan fingerprint density at radius 3 is 1.86 bits per heavy atom.